The average molecular weight is 376 g/mol. The SMILES string of the molecule is CCN(CC(=O)Nc1ccccc1OC)C(=O)CSc1ccc(F)cc1. The highest BCUT2D eigenvalue weighted by atomic mass is 32.2. The summed E-state index contributed by atoms with van der Waals surface area (Å²) in [6.45, 7) is 2.19. The minimum absolute atomic E-state index is 0.0443. The van der Waals surface area contributed by atoms with E-state index < -0.39 is 0 Å². The fourth-order valence-corrected chi connectivity index (χ4v) is 3.06. The third kappa shape index (κ3) is 5.77. The summed E-state index contributed by atoms with van der Waals surface area (Å²) in [5.74, 6) is -0.0269. The van der Waals surface area contributed by atoms with Crippen LogP contribution >= 0.6 is 11.8 Å². The first-order chi connectivity index (χ1) is 12.5. The van der Waals surface area contributed by atoms with Gasteiger partial charge in [0.1, 0.15) is 11.6 Å². The average Bonchev–Trinajstić information content (AvgIpc) is 2.65. The predicted molar refractivity (Wildman–Crippen MR) is 101 cm³/mol. The Morgan fingerprint density at radius 3 is 2.50 bits per heavy atom. The van der Waals surface area contributed by atoms with E-state index in [0.717, 1.165) is 4.90 Å². The molecule has 2 aromatic carbocycles. The maximum absolute atomic E-state index is 12.9. The molecule has 0 radical (unpaired) electrons. The maximum Gasteiger partial charge on any atom is 0.244 e. The molecule has 0 unspecified atom stereocenters. The van der Waals surface area contributed by atoms with Crippen LogP contribution in [0.1, 0.15) is 6.92 Å². The van der Waals surface area contributed by atoms with Gasteiger partial charge in [0.2, 0.25) is 11.8 Å². The lowest BCUT2D eigenvalue weighted by Gasteiger charge is -2.20. The highest BCUT2D eigenvalue weighted by Crippen LogP contribution is 2.23. The van der Waals surface area contributed by atoms with E-state index >= 15 is 0 Å². The van der Waals surface area contributed by atoms with Gasteiger partial charge < -0.3 is 15.0 Å². The van der Waals surface area contributed by atoms with E-state index in [9.17, 15) is 14.0 Å². The van der Waals surface area contributed by atoms with Gasteiger partial charge in [-0.2, -0.15) is 0 Å². The summed E-state index contributed by atoms with van der Waals surface area (Å²) >= 11 is 1.31. The fraction of sp³-hybridized carbons (Fsp3) is 0.263. The summed E-state index contributed by atoms with van der Waals surface area (Å²) in [6.07, 6.45) is 0. The van der Waals surface area contributed by atoms with Gasteiger partial charge in [-0.25, -0.2) is 4.39 Å². The quantitative estimate of drug-likeness (QED) is 0.718. The number of halogens is 1. The van der Waals surface area contributed by atoms with Gasteiger partial charge in [-0.15, -0.1) is 11.8 Å². The van der Waals surface area contributed by atoms with Crippen molar-refractivity contribution in [2.24, 2.45) is 0 Å². The van der Waals surface area contributed by atoms with E-state index in [1.54, 1.807) is 30.3 Å². The number of likely N-dealkylation sites (N-methyl/N-ethyl adjacent to an activating group) is 1. The highest BCUT2D eigenvalue weighted by molar-refractivity contribution is 8.00. The van der Waals surface area contributed by atoms with Gasteiger partial charge in [-0.3, -0.25) is 9.59 Å². The van der Waals surface area contributed by atoms with Crippen molar-refractivity contribution in [1.82, 2.24) is 4.90 Å². The van der Waals surface area contributed by atoms with Crippen molar-refractivity contribution in [2.45, 2.75) is 11.8 Å². The molecule has 7 heteroatoms. The van der Waals surface area contributed by atoms with Gasteiger partial charge in [0.15, 0.2) is 0 Å². The molecular formula is C19H21FN2O3S. The molecule has 2 rings (SSSR count). The summed E-state index contributed by atoms with van der Waals surface area (Å²) < 4.78 is 18.1. The largest absolute Gasteiger partial charge is 0.495 e. The first-order valence-electron chi connectivity index (χ1n) is 8.12. The molecule has 0 bridgehead atoms. The summed E-state index contributed by atoms with van der Waals surface area (Å²) in [5.41, 5.74) is 0.559. The van der Waals surface area contributed by atoms with Crippen molar-refractivity contribution in [3.05, 3.63) is 54.3 Å². The Hall–Kier alpha value is -2.54. The third-order valence-corrected chi connectivity index (χ3v) is 4.62. The zero-order valence-electron chi connectivity index (χ0n) is 14.7. The second kappa shape index (κ2) is 9.82. The summed E-state index contributed by atoms with van der Waals surface area (Å²) in [4.78, 5) is 26.9. The monoisotopic (exact) mass is 376 g/mol. The van der Waals surface area contributed by atoms with Crippen molar-refractivity contribution in [1.29, 1.82) is 0 Å². The van der Waals surface area contributed by atoms with Crippen LogP contribution in [-0.4, -0.2) is 42.7 Å². The van der Waals surface area contributed by atoms with Crippen LogP contribution < -0.4 is 10.1 Å². The van der Waals surface area contributed by atoms with Crippen LogP contribution in [0.3, 0.4) is 0 Å². The Morgan fingerprint density at radius 1 is 1.15 bits per heavy atom. The lowest BCUT2D eigenvalue weighted by Crippen LogP contribution is -2.38. The van der Waals surface area contributed by atoms with Gasteiger partial charge in [-0.1, -0.05) is 12.1 Å². The van der Waals surface area contributed by atoms with Crippen molar-refractivity contribution in [3.63, 3.8) is 0 Å². The Morgan fingerprint density at radius 2 is 1.85 bits per heavy atom. The van der Waals surface area contributed by atoms with Gasteiger partial charge in [0.05, 0.1) is 25.1 Å². The van der Waals surface area contributed by atoms with E-state index in [2.05, 4.69) is 5.32 Å². The minimum Gasteiger partial charge on any atom is -0.495 e. The molecule has 2 aromatic rings. The number of benzene rings is 2. The number of carbonyl (C=O) groups excluding carboxylic acids is 2. The van der Waals surface area contributed by atoms with E-state index in [0.29, 0.717) is 18.0 Å². The number of ether oxygens (including phenoxy) is 1. The van der Waals surface area contributed by atoms with Crippen LogP contribution in [0.5, 0.6) is 5.75 Å². The number of carbonyl (C=O) groups is 2. The smallest absolute Gasteiger partial charge is 0.244 e. The second-order valence-corrected chi connectivity index (χ2v) is 6.45. The molecule has 1 N–H and O–H groups in total. The number of rotatable bonds is 8. The molecule has 0 heterocycles. The van der Waals surface area contributed by atoms with Crippen molar-refractivity contribution < 1.29 is 18.7 Å². The molecule has 0 spiro atoms. The number of amides is 2. The molecule has 0 aromatic heterocycles. The Balaban J connectivity index is 1.89. The predicted octanol–water partition coefficient (Wildman–Crippen LogP) is 3.41. The van der Waals surface area contributed by atoms with E-state index in [4.69, 9.17) is 4.74 Å². The van der Waals surface area contributed by atoms with Gasteiger partial charge in [0.25, 0.3) is 0 Å². The number of hydrogen-bond acceptors (Lipinski definition) is 4. The van der Waals surface area contributed by atoms with Crippen molar-refractivity contribution in [3.8, 4) is 5.75 Å². The summed E-state index contributed by atoms with van der Waals surface area (Å²) in [5, 5.41) is 2.75. The summed E-state index contributed by atoms with van der Waals surface area (Å²) in [7, 11) is 1.53. The Kier molecular flexibility index (Phi) is 7.47. The standard InChI is InChI=1S/C19H21FN2O3S/c1-3-22(19(24)13-26-15-10-8-14(20)9-11-15)12-18(23)21-16-6-4-5-7-17(16)25-2/h4-11H,3,12-13H2,1-2H3,(H,21,23). The normalized spacial score (nSPS) is 10.3. The van der Waals surface area contributed by atoms with Crippen LogP contribution in [0.25, 0.3) is 0 Å². The second-order valence-electron chi connectivity index (χ2n) is 5.40. The topological polar surface area (TPSA) is 58.6 Å². The van der Waals surface area contributed by atoms with Crippen LogP contribution in [0.15, 0.2) is 53.4 Å². The molecule has 0 atom stereocenters. The van der Waals surface area contributed by atoms with E-state index in [1.165, 1.54) is 35.9 Å². The number of methoxy groups -OCH3 is 1. The molecule has 0 aliphatic heterocycles. The van der Waals surface area contributed by atoms with Gasteiger partial charge in [-0.05, 0) is 43.3 Å². The molecule has 0 aliphatic rings. The number of nitrogens with zero attached hydrogens (tertiary/aromatic N) is 1. The molecule has 0 aliphatic carbocycles. The zero-order valence-corrected chi connectivity index (χ0v) is 15.5. The highest BCUT2D eigenvalue weighted by Gasteiger charge is 2.16. The molecule has 0 saturated carbocycles. The number of anilines is 1. The van der Waals surface area contributed by atoms with E-state index in [-0.39, 0.29) is 29.9 Å². The number of para-hydroxylation sites is 2. The van der Waals surface area contributed by atoms with Gasteiger partial charge >= 0.3 is 0 Å². The van der Waals surface area contributed by atoms with Gasteiger partial charge in [0, 0.05) is 11.4 Å². The first-order valence-corrected chi connectivity index (χ1v) is 9.11. The first kappa shape index (κ1) is 19.8. The van der Waals surface area contributed by atoms with E-state index in [1.807, 2.05) is 13.0 Å². The minimum atomic E-state index is -0.316. The lowest BCUT2D eigenvalue weighted by molar-refractivity contribution is -0.132. The molecule has 138 valence electrons. The molecule has 5 nitrogen and oxygen atoms in total. The molecule has 26 heavy (non-hydrogen) atoms. The molecule has 0 saturated heterocycles. The Labute approximate surface area is 156 Å². The van der Waals surface area contributed by atoms with Crippen LogP contribution in [0.2, 0.25) is 0 Å². The number of nitrogens with one attached hydrogen (secondary N) is 1. The lowest BCUT2D eigenvalue weighted by atomic mass is 10.3. The van der Waals surface area contributed by atoms with Crippen LogP contribution in [0, 0.1) is 5.82 Å². The maximum atomic E-state index is 12.9. The molecule has 0 fully saturated rings. The zero-order chi connectivity index (χ0) is 18.9. The number of hydrogen-bond donors (Lipinski definition) is 1. The Bertz CT molecular complexity index is 753. The molecular weight excluding hydrogens is 355 g/mol. The summed E-state index contributed by atoms with van der Waals surface area (Å²) in [6, 6.07) is 13.0. The van der Waals surface area contributed by atoms with Crippen molar-refractivity contribution >= 4 is 29.3 Å². The third-order valence-electron chi connectivity index (χ3n) is 3.63. The van der Waals surface area contributed by atoms with Crippen LogP contribution in [0.4, 0.5) is 10.1 Å². The van der Waals surface area contributed by atoms with Crippen molar-refractivity contribution in [2.75, 3.05) is 31.3 Å². The fourth-order valence-electron chi connectivity index (χ4n) is 2.25. The van der Waals surface area contributed by atoms with Crippen LogP contribution in [-0.2, 0) is 9.59 Å². The number of thioether (sulfide) groups is 1. The molecule has 2 amide bonds.